The Hall–Kier alpha value is -1.06. The van der Waals surface area contributed by atoms with Crippen molar-refractivity contribution in [2.24, 2.45) is 0 Å². The minimum Gasteiger partial charge on any atom is -0.342 e. The molecule has 0 bridgehead atoms. The van der Waals surface area contributed by atoms with Crippen molar-refractivity contribution >= 4 is 17.5 Å². The van der Waals surface area contributed by atoms with Crippen molar-refractivity contribution in [3.8, 4) is 0 Å². The molecule has 0 aliphatic heterocycles. The van der Waals surface area contributed by atoms with E-state index in [4.69, 9.17) is 11.6 Å². The van der Waals surface area contributed by atoms with Gasteiger partial charge in [-0.15, -0.1) is 11.6 Å². The van der Waals surface area contributed by atoms with Crippen molar-refractivity contribution in [2.75, 3.05) is 27.7 Å². The maximum Gasteiger partial charge on any atom is 0.244 e. The average molecular weight is 295 g/mol. The van der Waals surface area contributed by atoms with Crippen LogP contribution in [0.2, 0.25) is 0 Å². The van der Waals surface area contributed by atoms with Gasteiger partial charge in [0.05, 0.1) is 0 Å². The van der Waals surface area contributed by atoms with Gasteiger partial charge >= 0.3 is 0 Å². The van der Waals surface area contributed by atoms with Gasteiger partial charge in [0.1, 0.15) is 5.38 Å². The summed E-state index contributed by atoms with van der Waals surface area (Å²) in [4.78, 5) is 16.5. The topological polar surface area (TPSA) is 23.6 Å². The van der Waals surface area contributed by atoms with Crippen LogP contribution in [0.1, 0.15) is 30.2 Å². The first-order chi connectivity index (χ1) is 9.46. The fraction of sp³-hybridized carbons (Fsp3) is 0.562. The van der Waals surface area contributed by atoms with Gasteiger partial charge < -0.3 is 9.80 Å². The lowest BCUT2D eigenvalue weighted by molar-refractivity contribution is -0.132. The molecule has 0 radical (unpaired) electrons. The van der Waals surface area contributed by atoms with Gasteiger partial charge in [-0.2, -0.15) is 0 Å². The molecule has 3 nitrogen and oxygen atoms in total. The van der Waals surface area contributed by atoms with Gasteiger partial charge in [-0.05, 0) is 38.9 Å². The second-order valence-electron chi connectivity index (χ2n) is 5.94. The number of hydrogen-bond acceptors (Lipinski definition) is 2. The van der Waals surface area contributed by atoms with E-state index in [-0.39, 0.29) is 11.4 Å². The zero-order valence-corrected chi connectivity index (χ0v) is 13.2. The minimum absolute atomic E-state index is 0.0222. The highest BCUT2D eigenvalue weighted by Gasteiger charge is 2.41. The molecule has 0 N–H and O–H groups in total. The quantitative estimate of drug-likeness (QED) is 0.780. The van der Waals surface area contributed by atoms with E-state index in [2.05, 4.69) is 19.0 Å². The van der Waals surface area contributed by atoms with Gasteiger partial charge in [0.2, 0.25) is 5.91 Å². The molecule has 0 heterocycles. The van der Waals surface area contributed by atoms with Crippen molar-refractivity contribution in [3.05, 3.63) is 35.9 Å². The molecule has 4 heteroatoms. The van der Waals surface area contributed by atoms with Crippen molar-refractivity contribution in [1.29, 1.82) is 0 Å². The van der Waals surface area contributed by atoms with E-state index >= 15 is 0 Å². The number of benzene rings is 1. The minimum atomic E-state index is -0.597. The third kappa shape index (κ3) is 2.99. The van der Waals surface area contributed by atoms with Gasteiger partial charge in [-0.3, -0.25) is 4.79 Å². The zero-order chi connectivity index (χ0) is 14.8. The highest BCUT2D eigenvalue weighted by Crippen LogP contribution is 2.37. The molecule has 2 rings (SSSR count). The fourth-order valence-electron chi connectivity index (χ4n) is 2.81. The summed E-state index contributed by atoms with van der Waals surface area (Å²) in [6.45, 7) is 0.745. The first-order valence-electron chi connectivity index (χ1n) is 7.08. The number of alkyl halides is 1. The summed E-state index contributed by atoms with van der Waals surface area (Å²) < 4.78 is 0. The van der Waals surface area contributed by atoms with E-state index in [1.54, 1.807) is 4.90 Å². The summed E-state index contributed by atoms with van der Waals surface area (Å²) in [6.07, 6.45) is 3.54. The van der Waals surface area contributed by atoms with E-state index < -0.39 is 5.38 Å². The molecular weight excluding hydrogens is 272 g/mol. The van der Waals surface area contributed by atoms with E-state index in [0.29, 0.717) is 0 Å². The van der Waals surface area contributed by atoms with Crippen molar-refractivity contribution in [3.63, 3.8) is 0 Å². The molecule has 1 atom stereocenters. The van der Waals surface area contributed by atoms with Crippen molar-refractivity contribution in [2.45, 2.75) is 30.2 Å². The molecule has 1 saturated carbocycles. The first kappa shape index (κ1) is 15.3. The molecule has 1 aromatic carbocycles. The molecule has 1 unspecified atom stereocenters. The summed E-state index contributed by atoms with van der Waals surface area (Å²) in [5, 5.41) is -0.597. The Morgan fingerprint density at radius 2 is 1.85 bits per heavy atom. The third-order valence-corrected chi connectivity index (χ3v) is 4.89. The summed E-state index contributed by atoms with van der Waals surface area (Å²) >= 11 is 6.32. The number of likely N-dealkylation sites (N-methyl/N-ethyl adjacent to an activating group) is 2. The summed E-state index contributed by atoms with van der Waals surface area (Å²) in [7, 11) is 6.03. The Balaban J connectivity index is 2.02. The molecule has 20 heavy (non-hydrogen) atoms. The molecule has 0 aromatic heterocycles. The van der Waals surface area contributed by atoms with Crippen LogP contribution in [-0.2, 0) is 4.79 Å². The molecular formula is C16H23ClN2O. The molecule has 0 spiro atoms. The standard InChI is InChI=1S/C16H23ClN2O/c1-18(2)16(10-7-11-16)12-19(3)15(20)14(17)13-8-5-4-6-9-13/h4-6,8-9,14H,7,10-12H2,1-3H3. The predicted molar refractivity (Wildman–Crippen MR) is 82.9 cm³/mol. The van der Waals surface area contributed by atoms with Crippen molar-refractivity contribution < 1.29 is 4.79 Å². The van der Waals surface area contributed by atoms with Gasteiger partial charge in [0.15, 0.2) is 0 Å². The number of carbonyl (C=O) groups excluding carboxylic acids is 1. The third-order valence-electron chi connectivity index (χ3n) is 4.45. The van der Waals surface area contributed by atoms with E-state index in [1.165, 1.54) is 6.42 Å². The highest BCUT2D eigenvalue weighted by atomic mass is 35.5. The van der Waals surface area contributed by atoms with Crippen LogP contribution in [0.25, 0.3) is 0 Å². The Morgan fingerprint density at radius 3 is 2.30 bits per heavy atom. The van der Waals surface area contributed by atoms with Crippen LogP contribution in [0.3, 0.4) is 0 Å². The SMILES string of the molecule is CN(CC1(N(C)C)CCC1)C(=O)C(Cl)c1ccccc1. The van der Waals surface area contributed by atoms with E-state index in [9.17, 15) is 4.79 Å². The molecule has 1 amide bonds. The summed E-state index contributed by atoms with van der Waals surface area (Å²) in [6, 6.07) is 9.54. The molecule has 1 fully saturated rings. The Labute approximate surface area is 126 Å². The zero-order valence-electron chi connectivity index (χ0n) is 12.5. The molecule has 110 valence electrons. The Bertz CT molecular complexity index is 457. The Morgan fingerprint density at radius 1 is 1.25 bits per heavy atom. The lowest BCUT2D eigenvalue weighted by Gasteiger charge is -2.49. The number of nitrogens with zero attached hydrogens (tertiary/aromatic N) is 2. The number of rotatable bonds is 5. The highest BCUT2D eigenvalue weighted by molar-refractivity contribution is 6.30. The fourth-order valence-corrected chi connectivity index (χ4v) is 3.12. The van der Waals surface area contributed by atoms with Gasteiger partial charge in [-0.25, -0.2) is 0 Å². The van der Waals surface area contributed by atoms with Crippen LogP contribution in [0.4, 0.5) is 0 Å². The predicted octanol–water partition coefficient (Wildman–Crippen LogP) is 2.91. The average Bonchev–Trinajstić information content (AvgIpc) is 2.41. The van der Waals surface area contributed by atoms with Gasteiger partial charge in [0, 0.05) is 19.1 Å². The smallest absolute Gasteiger partial charge is 0.244 e. The van der Waals surface area contributed by atoms with E-state index in [0.717, 1.165) is 24.9 Å². The number of carbonyl (C=O) groups is 1. The lowest BCUT2D eigenvalue weighted by Crippen LogP contribution is -2.57. The maximum absolute atomic E-state index is 12.5. The normalized spacial score (nSPS) is 18.4. The Kier molecular flexibility index (Phi) is 4.71. The van der Waals surface area contributed by atoms with Gasteiger partial charge in [-0.1, -0.05) is 30.3 Å². The van der Waals surface area contributed by atoms with Crippen LogP contribution in [-0.4, -0.2) is 48.9 Å². The number of amides is 1. The largest absolute Gasteiger partial charge is 0.342 e. The number of halogens is 1. The molecule has 0 saturated heterocycles. The van der Waals surface area contributed by atoms with Crippen LogP contribution in [0.15, 0.2) is 30.3 Å². The van der Waals surface area contributed by atoms with Crippen molar-refractivity contribution in [1.82, 2.24) is 9.80 Å². The van der Waals surface area contributed by atoms with Crippen LogP contribution in [0, 0.1) is 0 Å². The molecule has 1 aliphatic rings. The van der Waals surface area contributed by atoms with Crippen LogP contribution >= 0.6 is 11.6 Å². The first-order valence-corrected chi connectivity index (χ1v) is 7.51. The molecule has 1 aliphatic carbocycles. The van der Waals surface area contributed by atoms with Crippen LogP contribution < -0.4 is 0 Å². The second kappa shape index (κ2) is 6.15. The van der Waals surface area contributed by atoms with E-state index in [1.807, 2.05) is 37.4 Å². The summed E-state index contributed by atoms with van der Waals surface area (Å²) in [5.74, 6) is -0.0222. The summed E-state index contributed by atoms with van der Waals surface area (Å²) in [5.41, 5.74) is 0.996. The molecule has 1 aromatic rings. The van der Waals surface area contributed by atoms with Crippen LogP contribution in [0.5, 0.6) is 0 Å². The monoisotopic (exact) mass is 294 g/mol. The second-order valence-corrected chi connectivity index (χ2v) is 6.38. The lowest BCUT2D eigenvalue weighted by atomic mass is 9.75. The van der Waals surface area contributed by atoms with Gasteiger partial charge in [0.25, 0.3) is 0 Å². The number of hydrogen-bond donors (Lipinski definition) is 0. The maximum atomic E-state index is 12.5.